The first-order valence-corrected chi connectivity index (χ1v) is 8.86. The third kappa shape index (κ3) is 3.64. The van der Waals surface area contributed by atoms with Crippen LogP contribution in [0, 0.1) is 6.92 Å². The molecule has 0 bridgehead atoms. The van der Waals surface area contributed by atoms with Gasteiger partial charge < -0.3 is 10.1 Å². The van der Waals surface area contributed by atoms with E-state index in [4.69, 9.17) is 4.74 Å². The molecule has 1 aliphatic rings. The summed E-state index contributed by atoms with van der Waals surface area (Å²) in [5, 5.41) is 11.4. The van der Waals surface area contributed by atoms with Gasteiger partial charge >= 0.3 is 0 Å². The Bertz CT molecular complexity index is 846. The Kier molecular flexibility index (Phi) is 4.61. The summed E-state index contributed by atoms with van der Waals surface area (Å²) in [7, 11) is 0. The van der Waals surface area contributed by atoms with E-state index in [1.807, 2.05) is 0 Å². The number of benzene rings is 1. The van der Waals surface area contributed by atoms with Crippen molar-refractivity contribution in [1.82, 2.24) is 20.2 Å². The van der Waals surface area contributed by atoms with E-state index in [0.717, 1.165) is 49.1 Å². The van der Waals surface area contributed by atoms with Gasteiger partial charge in [0, 0.05) is 6.04 Å². The molecule has 2 heterocycles. The summed E-state index contributed by atoms with van der Waals surface area (Å²) in [5.74, 6) is 0.851. The lowest BCUT2D eigenvalue weighted by Gasteiger charge is -2.15. The van der Waals surface area contributed by atoms with Crippen LogP contribution in [0.1, 0.15) is 30.4 Å². The van der Waals surface area contributed by atoms with Crippen molar-refractivity contribution in [3.8, 4) is 0 Å². The highest BCUT2D eigenvalue weighted by Gasteiger charge is 2.26. The van der Waals surface area contributed by atoms with Crippen molar-refractivity contribution in [2.75, 3.05) is 11.9 Å². The van der Waals surface area contributed by atoms with Crippen LogP contribution >= 0.6 is 0 Å². The number of nitrogens with one attached hydrogen (secondary N) is 2. The molecule has 0 amide bonds. The Morgan fingerprint density at radius 1 is 1.24 bits per heavy atom. The predicted molar refractivity (Wildman–Crippen MR) is 97.6 cm³/mol. The average Bonchev–Trinajstić information content (AvgIpc) is 3.26. The maximum atomic E-state index is 6.11. The van der Waals surface area contributed by atoms with E-state index in [-0.39, 0.29) is 0 Å². The third-order valence-electron chi connectivity index (χ3n) is 4.96. The maximum absolute atomic E-state index is 6.11. The average molecular weight is 337 g/mol. The summed E-state index contributed by atoms with van der Waals surface area (Å²) in [4.78, 5) is 8.53. The first kappa shape index (κ1) is 16.0. The van der Waals surface area contributed by atoms with Gasteiger partial charge in [-0.2, -0.15) is 5.10 Å². The van der Waals surface area contributed by atoms with Crippen LogP contribution in [0.25, 0.3) is 11.0 Å². The van der Waals surface area contributed by atoms with E-state index in [2.05, 4.69) is 56.7 Å². The lowest BCUT2D eigenvalue weighted by molar-refractivity contribution is 0.0600. The molecule has 0 radical (unpaired) electrons. The van der Waals surface area contributed by atoms with Gasteiger partial charge in [-0.05, 0) is 43.7 Å². The van der Waals surface area contributed by atoms with Crippen LogP contribution in [0.15, 0.2) is 36.8 Å². The number of H-pyrrole nitrogens is 1. The molecule has 0 saturated heterocycles. The number of fused-ring (bicyclic) bond motifs is 1. The number of aryl methyl sites for hydroxylation is 1. The molecule has 1 fully saturated rings. The Balaban J connectivity index is 1.28. The number of anilines is 1. The highest BCUT2D eigenvalue weighted by atomic mass is 16.5. The molecule has 1 saturated carbocycles. The molecule has 4 rings (SSSR count). The first-order valence-electron chi connectivity index (χ1n) is 8.86. The van der Waals surface area contributed by atoms with E-state index in [0.29, 0.717) is 12.1 Å². The molecule has 1 aromatic carbocycles. The lowest BCUT2D eigenvalue weighted by atomic mass is 10.1. The van der Waals surface area contributed by atoms with E-state index < -0.39 is 0 Å². The summed E-state index contributed by atoms with van der Waals surface area (Å²) in [5.41, 5.74) is 3.48. The van der Waals surface area contributed by atoms with Gasteiger partial charge in [0.25, 0.3) is 0 Å². The van der Waals surface area contributed by atoms with Crippen LogP contribution in [0.5, 0.6) is 0 Å². The molecule has 3 aromatic rings. The third-order valence-corrected chi connectivity index (χ3v) is 4.96. The molecule has 2 atom stereocenters. The highest BCUT2D eigenvalue weighted by molar-refractivity contribution is 5.85. The predicted octanol–water partition coefficient (Wildman–Crippen LogP) is 3.25. The standard InChI is InChI=1S/C19H23N5O/c1-13-4-2-3-5-14(13)8-9-25-16-7-6-15(10-16)23-18-17-11-22-24-19(17)21-12-20-18/h2-5,11-12,15-16H,6-10H2,1H3,(H2,20,21,22,23,24)/t15-,16-/m0/s1. The minimum Gasteiger partial charge on any atom is -0.378 e. The van der Waals surface area contributed by atoms with Crippen LogP contribution in [0.2, 0.25) is 0 Å². The number of aromatic amines is 1. The molecule has 2 N–H and O–H groups in total. The number of ether oxygens (including phenoxy) is 1. The van der Waals surface area contributed by atoms with Crippen molar-refractivity contribution in [3.63, 3.8) is 0 Å². The van der Waals surface area contributed by atoms with Crippen LogP contribution in [0.4, 0.5) is 5.82 Å². The van der Waals surface area contributed by atoms with Crippen LogP contribution < -0.4 is 5.32 Å². The summed E-state index contributed by atoms with van der Waals surface area (Å²) >= 11 is 0. The van der Waals surface area contributed by atoms with Crippen LogP contribution in [-0.2, 0) is 11.2 Å². The van der Waals surface area contributed by atoms with Crippen molar-refractivity contribution in [2.24, 2.45) is 0 Å². The SMILES string of the molecule is Cc1ccccc1CCO[C@H]1CC[C@H](Nc2ncnc3[nH]ncc23)C1. The fraction of sp³-hybridized carbons (Fsp3) is 0.421. The highest BCUT2D eigenvalue weighted by Crippen LogP contribution is 2.27. The zero-order valence-electron chi connectivity index (χ0n) is 14.4. The molecule has 130 valence electrons. The fourth-order valence-corrected chi connectivity index (χ4v) is 3.52. The monoisotopic (exact) mass is 337 g/mol. The van der Waals surface area contributed by atoms with Crippen LogP contribution in [0.3, 0.4) is 0 Å². The van der Waals surface area contributed by atoms with E-state index in [1.165, 1.54) is 11.1 Å². The molecule has 0 spiro atoms. The molecular formula is C19H23N5O. The number of hydrogen-bond acceptors (Lipinski definition) is 5. The van der Waals surface area contributed by atoms with Gasteiger partial charge in [0.15, 0.2) is 5.65 Å². The number of nitrogens with zero attached hydrogens (tertiary/aromatic N) is 3. The quantitative estimate of drug-likeness (QED) is 0.722. The molecule has 6 nitrogen and oxygen atoms in total. The molecular weight excluding hydrogens is 314 g/mol. The minimum atomic E-state index is 0.322. The Morgan fingerprint density at radius 2 is 2.16 bits per heavy atom. The van der Waals surface area contributed by atoms with Gasteiger partial charge in [-0.25, -0.2) is 9.97 Å². The summed E-state index contributed by atoms with van der Waals surface area (Å²) in [6, 6.07) is 8.90. The number of rotatable bonds is 6. The zero-order valence-corrected chi connectivity index (χ0v) is 14.4. The molecule has 2 aromatic heterocycles. The van der Waals surface area contributed by atoms with Gasteiger partial charge in [-0.1, -0.05) is 24.3 Å². The summed E-state index contributed by atoms with van der Waals surface area (Å²) in [6.07, 6.45) is 7.82. The maximum Gasteiger partial charge on any atom is 0.160 e. The van der Waals surface area contributed by atoms with Crippen molar-refractivity contribution < 1.29 is 4.74 Å². The first-order chi connectivity index (χ1) is 12.3. The lowest BCUT2D eigenvalue weighted by Crippen LogP contribution is -2.19. The van der Waals surface area contributed by atoms with Gasteiger partial charge in [-0.15, -0.1) is 0 Å². The van der Waals surface area contributed by atoms with Gasteiger partial charge in [0.05, 0.1) is 24.3 Å². The summed E-state index contributed by atoms with van der Waals surface area (Å²) in [6.45, 7) is 2.94. The second-order valence-electron chi connectivity index (χ2n) is 6.68. The van der Waals surface area contributed by atoms with Crippen molar-refractivity contribution in [1.29, 1.82) is 0 Å². The van der Waals surface area contributed by atoms with Gasteiger partial charge in [0.1, 0.15) is 12.1 Å². The Morgan fingerprint density at radius 3 is 3.08 bits per heavy atom. The van der Waals surface area contributed by atoms with E-state index in [1.54, 1.807) is 12.5 Å². The van der Waals surface area contributed by atoms with E-state index >= 15 is 0 Å². The molecule has 0 aliphatic heterocycles. The Labute approximate surface area is 147 Å². The van der Waals surface area contributed by atoms with Crippen molar-refractivity contribution >= 4 is 16.9 Å². The molecule has 0 unspecified atom stereocenters. The second-order valence-corrected chi connectivity index (χ2v) is 6.68. The Hall–Kier alpha value is -2.47. The number of hydrogen-bond donors (Lipinski definition) is 2. The van der Waals surface area contributed by atoms with E-state index in [9.17, 15) is 0 Å². The topological polar surface area (TPSA) is 75.7 Å². The second kappa shape index (κ2) is 7.19. The van der Waals surface area contributed by atoms with Crippen molar-refractivity contribution in [2.45, 2.75) is 44.8 Å². The molecule has 25 heavy (non-hydrogen) atoms. The minimum absolute atomic E-state index is 0.322. The molecule has 6 heteroatoms. The largest absolute Gasteiger partial charge is 0.378 e. The zero-order chi connectivity index (χ0) is 17.1. The molecule has 1 aliphatic carbocycles. The van der Waals surface area contributed by atoms with Crippen molar-refractivity contribution in [3.05, 3.63) is 47.9 Å². The smallest absolute Gasteiger partial charge is 0.160 e. The normalized spacial score (nSPS) is 20.2. The number of aromatic nitrogens is 4. The van der Waals surface area contributed by atoms with Crippen LogP contribution in [-0.4, -0.2) is 38.9 Å². The van der Waals surface area contributed by atoms with Gasteiger partial charge in [-0.3, -0.25) is 5.10 Å². The van der Waals surface area contributed by atoms with Gasteiger partial charge in [0.2, 0.25) is 0 Å². The fourth-order valence-electron chi connectivity index (χ4n) is 3.52. The summed E-state index contributed by atoms with van der Waals surface area (Å²) < 4.78 is 6.11.